The van der Waals surface area contributed by atoms with Gasteiger partial charge in [-0.25, -0.2) is 15.0 Å². The molecule has 7 nitrogen and oxygen atoms in total. The summed E-state index contributed by atoms with van der Waals surface area (Å²) in [6, 6.07) is 3.58. The van der Waals surface area contributed by atoms with Crippen LogP contribution in [-0.2, 0) is 12.0 Å². The molecule has 0 saturated heterocycles. The van der Waals surface area contributed by atoms with E-state index in [4.69, 9.17) is 16.9 Å². The lowest BCUT2D eigenvalue weighted by atomic mass is 9.87. The molecule has 0 amide bonds. The van der Waals surface area contributed by atoms with Crippen LogP contribution >= 0.6 is 11.8 Å². The molecule has 3 aromatic rings. The van der Waals surface area contributed by atoms with Crippen molar-refractivity contribution in [3.63, 3.8) is 0 Å². The number of nitrogens with two attached hydrogens (primary N) is 1. The van der Waals surface area contributed by atoms with Crippen LogP contribution in [-0.4, -0.2) is 37.0 Å². The van der Waals surface area contributed by atoms with Crippen molar-refractivity contribution < 1.29 is 9.13 Å². The van der Waals surface area contributed by atoms with Crippen molar-refractivity contribution >= 4 is 28.0 Å². The Kier molecular flexibility index (Phi) is 4.74. The maximum atomic E-state index is 14.8. The predicted molar refractivity (Wildman–Crippen MR) is 117 cm³/mol. The number of pyridine rings is 2. The van der Waals surface area contributed by atoms with E-state index in [9.17, 15) is 4.39 Å². The molecule has 5 rings (SSSR count). The van der Waals surface area contributed by atoms with E-state index < -0.39 is 11.5 Å². The average Bonchev–Trinajstić information content (AvgIpc) is 3.54. The van der Waals surface area contributed by atoms with Crippen molar-refractivity contribution in [3.8, 4) is 18.2 Å². The number of thioether (sulfide) groups is 1. The maximum Gasteiger partial charge on any atom is 0.233 e. The lowest BCUT2D eigenvalue weighted by Crippen LogP contribution is -2.32. The van der Waals surface area contributed by atoms with Crippen molar-refractivity contribution in [1.82, 2.24) is 19.9 Å². The van der Waals surface area contributed by atoms with E-state index >= 15 is 0 Å². The first-order valence-electron chi connectivity index (χ1n) is 9.81. The summed E-state index contributed by atoms with van der Waals surface area (Å²) in [5.74, 6) is 2.50. The van der Waals surface area contributed by atoms with Crippen LogP contribution in [0, 0.1) is 24.2 Å². The summed E-state index contributed by atoms with van der Waals surface area (Å²) in [4.78, 5) is 22.0. The van der Waals surface area contributed by atoms with Crippen LogP contribution in [0.2, 0.25) is 0 Å². The minimum absolute atomic E-state index is 0.119. The minimum Gasteiger partial charge on any atom is -0.463 e. The molecule has 4 heterocycles. The van der Waals surface area contributed by atoms with Crippen LogP contribution in [0.5, 0.6) is 5.88 Å². The number of ether oxygens (including phenoxy) is 1. The van der Waals surface area contributed by atoms with Gasteiger partial charge >= 0.3 is 0 Å². The number of halogens is 1. The van der Waals surface area contributed by atoms with Crippen molar-refractivity contribution in [2.75, 3.05) is 6.61 Å². The quantitative estimate of drug-likeness (QED) is 0.487. The van der Waals surface area contributed by atoms with Gasteiger partial charge in [-0.2, -0.15) is 4.39 Å². The van der Waals surface area contributed by atoms with Crippen molar-refractivity contribution in [3.05, 3.63) is 53.5 Å². The number of hydrogen-bond donors (Lipinski definition) is 1. The van der Waals surface area contributed by atoms with Gasteiger partial charge in [-0.15, -0.1) is 6.42 Å². The highest BCUT2D eigenvalue weighted by molar-refractivity contribution is 8.14. The second-order valence-corrected chi connectivity index (χ2v) is 9.04. The fourth-order valence-electron chi connectivity index (χ4n) is 4.08. The highest BCUT2D eigenvalue weighted by Crippen LogP contribution is 2.57. The number of fused-ring (bicyclic) bond motifs is 2. The molecule has 0 bridgehead atoms. The maximum absolute atomic E-state index is 14.8. The summed E-state index contributed by atoms with van der Waals surface area (Å²) in [5, 5.41) is 0.895. The Morgan fingerprint density at radius 3 is 3.06 bits per heavy atom. The summed E-state index contributed by atoms with van der Waals surface area (Å²) >= 11 is 1.57. The zero-order chi connectivity index (χ0) is 21.6. The van der Waals surface area contributed by atoms with Gasteiger partial charge in [-0.3, -0.25) is 9.98 Å². The third kappa shape index (κ3) is 3.57. The number of aromatic nitrogens is 4. The van der Waals surface area contributed by atoms with Gasteiger partial charge in [0.1, 0.15) is 5.52 Å². The summed E-state index contributed by atoms with van der Waals surface area (Å²) in [7, 11) is 0. The molecule has 156 valence electrons. The Hall–Kier alpha value is -3.25. The van der Waals surface area contributed by atoms with E-state index in [0.717, 1.165) is 12.0 Å². The smallest absolute Gasteiger partial charge is 0.233 e. The number of hydrogen-bond acceptors (Lipinski definition) is 8. The normalized spacial score (nSPS) is 24.2. The Labute approximate surface area is 182 Å². The van der Waals surface area contributed by atoms with Crippen LogP contribution in [0.4, 0.5) is 4.39 Å². The van der Waals surface area contributed by atoms with E-state index in [-0.39, 0.29) is 12.5 Å². The standard InChI is InChI=1S/C22H19FN6OS/c1-3-6-30-18-11-26-19-15(28-18)4-5-25-16(19)8-12-7-14(20(23)27-10-12)22(2)13-9-17(13)31-21(24)29-22/h1,4-5,7,10-11,13,17H,6,8-9H2,2H3,(H2,24,29)/t13-,17?,22+/m1/s1. The molecule has 1 unspecified atom stereocenters. The molecule has 1 fully saturated rings. The second kappa shape index (κ2) is 7.46. The van der Waals surface area contributed by atoms with Crippen molar-refractivity contribution in [1.29, 1.82) is 0 Å². The predicted octanol–water partition coefficient (Wildman–Crippen LogP) is 2.83. The largest absolute Gasteiger partial charge is 0.463 e. The summed E-state index contributed by atoms with van der Waals surface area (Å²) < 4.78 is 20.1. The van der Waals surface area contributed by atoms with Crippen LogP contribution < -0.4 is 10.5 Å². The molecule has 2 aliphatic rings. The summed E-state index contributed by atoms with van der Waals surface area (Å²) in [6.45, 7) is 2.06. The number of rotatable bonds is 5. The molecule has 0 radical (unpaired) electrons. The van der Waals surface area contributed by atoms with Crippen LogP contribution in [0.3, 0.4) is 0 Å². The molecule has 1 aliphatic carbocycles. The van der Waals surface area contributed by atoms with E-state index in [1.54, 1.807) is 24.0 Å². The Morgan fingerprint density at radius 1 is 1.35 bits per heavy atom. The molecular formula is C22H19FN6OS. The van der Waals surface area contributed by atoms with Crippen molar-refractivity contribution in [2.45, 2.75) is 30.6 Å². The fraction of sp³-hybridized carbons (Fsp3) is 0.318. The van der Waals surface area contributed by atoms with Crippen LogP contribution in [0.15, 0.2) is 35.7 Å². The molecule has 2 N–H and O–H groups in total. The number of aliphatic imine (C=N–C) groups is 1. The molecule has 0 spiro atoms. The Morgan fingerprint density at radius 2 is 2.23 bits per heavy atom. The zero-order valence-electron chi connectivity index (χ0n) is 16.7. The third-order valence-electron chi connectivity index (χ3n) is 5.70. The second-order valence-electron chi connectivity index (χ2n) is 7.78. The average molecular weight is 435 g/mol. The summed E-state index contributed by atoms with van der Waals surface area (Å²) in [5.41, 5.74) is 8.58. The number of nitrogens with zero attached hydrogens (tertiary/aromatic N) is 5. The molecule has 3 aromatic heterocycles. The minimum atomic E-state index is -0.706. The SMILES string of the molecule is C#CCOc1cnc2c(Cc3cnc(F)c([C@@]4(C)N=C(N)SC5C[C@H]54)c3)nccc2n1. The van der Waals surface area contributed by atoms with Gasteiger partial charge in [0.15, 0.2) is 11.8 Å². The van der Waals surface area contributed by atoms with E-state index in [1.165, 1.54) is 12.4 Å². The lowest BCUT2D eigenvalue weighted by molar-refractivity contribution is 0.355. The highest BCUT2D eigenvalue weighted by Gasteiger charge is 2.55. The summed E-state index contributed by atoms with van der Waals surface area (Å²) in [6.07, 6.45) is 11.3. The molecule has 1 aliphatic heterocycles. The van der Waals surface area contributed by atoms with Gasteiger partial charge < -0.3 is 10.5 Å². The molecular weight excluding hydrogens is 415 g/mol. The monoisotopic (exact) mass is 434 g/mol. The van der Waals surface area contributed by atoms with Gasteiger partial charge in [-0.1, -0.05) is 17.7 Å². The molecule has 0 aromatic carbocycles. The van der Waals surface area contributed by atoms with E-state index in [1.807, 2.05) is 13.0 Å². The van der Waals surface area contributed by atoms with Gasteiger partial charge in [0.25, 0.3) is 0 Å². The van der Waals surface area contributed by atoms with Crippen LogP contribution in [0.1, 0.15) is 30.2 Å². The molecule has 3 atom stereocenters. The zero-order valence-corrected chi connectivity index (χ0v) is 17.6. The van der Waals surface area contributed by atoms with Gasteiger partial charge in [-0.05, 0) is 31.0 Å². The van der Waals surface area contributed by atoms with Crippen molar-refractivity contribution in [2.24, 2.45) is 16.6 Å². The topological polar surface area (TPSA) is 99.2 Å². The lowest BCUT2D eigenvalue weighted by Gasteiger charge is -2.30. The first-order chi connectivity index (χ1) is 15.0. The fourth-order valence-corrected chi connectivity index (χ4v) is 5.37. The molecule has 9 heteroatoms. The van der Waals surface area contributed by atoms with Gasteiger partial charge in [0.05, 0.1) is 22.9 Å². The first kappa shape index (κ1) is 19.7. The van der Waals surface area contributed by atoms with Gasteiger partial charge in [0, 0.05) is 35.5 Å². The third-order valence-corrected chi connectivity index (χ3v) is 6.85. The molecule has 31 heavy (non-hydrogen) atoms. The Bertz CT molecular complexity index is 1260. The van der Waals surface area contributed by atoms with E-state index in [0.29, 0.717) is 45.0 Å². The number of terminal acetylenes is 1. The molecule has 1 saturated carbocycles. The van der Waals surface area contributed by atoms with Crippen LogP contribution in [0.25, 0.3) is 11.0 Å². The van der Waals surface area contributed by atoms with E-state index in [2.05, 4.69) is 30.8 Å². The Balaban J connectivity index is 1.49. The first-order valence-corrected chi connectivity index (χ1v) is 10.7. The highest BCUT2D eigenvalue weighted by atomic mass is 32.2. The van der Waals surface area contributed by atoms with Gasteiger partial charge in [0.2, 0.25) is 11.8 Å². The number of amidine groups is 1.